The molecule has 2 aromatic carbocycles. The molecule has 0 radical (unpaired) electrons. The molecule has 104 valence electrons. The van der Waals surface area contributed by atoms with Gasteiger partial charge in [-0.15, -0.1) is 0 Å². The van der Waals surface area contributed by atoms with Gasteiger partial charge in [0.1, 0.15) is 5.82 Å². The second-order valence-electron chi connectivity index (χ2n) is 4.47. The van der Waals surface area contributed by atoms with E-state index >= 15 is 0 Å². The van der Waals surface area contributed by atoms with Gasteiger partial charge in [0, 0.05) is 15.6 Å². The third-order valence-corrected chi connectivity index (χ3v) is 4.28. The van der Waals surface area contributed by atoms with Crippen LogP contribution in [0.2, 0.25) is 0 Å². The monoisotopic (exact) mass is 403 g/mol. The summed E-state index contributed by atoms with van der Waals surface area (Å²) >= 11 is 6.94. The van der Waals surface area contributed by atoms with Crippen LogP contribution < -0.4 is 5.73 Å². The number of nitrogen functional groups attached to an aromatic ring is 1. The molecule has 3 nitrogen and oxygen atoms in total. The number of anilines is 1. The van der Waals surface area contributed by atoms with Crippen molar-refractivity contribution in [2.24, 2.45) is 0 Å². The van der Waals surface area contributed by atoms with Gasteiger partial charge < -0.3 is 5.73 Å². The molecule has 5 heteroatoms. The molecule has 0 atom stereocenters. The first kappa shape index (κ1) is 14.2. The first-order valence-electron chi connectivity index (χ1n) is 6.29. The lowest BCUT2D eigenvalue weighted by atomic mass is 10.1. The van der Waals surface area contributed by atoms with E-state index in [0.717, 1.165) is 21.3 Å². The lowest BCUT2D eigenvalue weighted by Crippen LogP contribution is -2.00. The maximum Gasteiger partial charge on any atom is 0.162 e. The Balaban J connectivity index is 2.19. The summed E-state index contributed by atoms with van der Waals surface area (Å²) in [6.45, 7) is 0. The van der Waals surface area contributed by atoms with Crippen LogP contribution in [0, 0.1) is 0 Å². The zero-order chi connectivity index (χ0) is 14.8. The first-order chi connectivity index (χ1) is 10.1. The van der Waals surface area contributed by atoms with E-state index in [1.165, 1.54) is 0 Å². The second-order valence-corrected chi connectivity index (χ2v) is 6.18. The Morgan fingerprint density at radius 1 is 0.810 bits per heavy atom. The van der Waals surface area contributed by atoms with E-state index in [1.54, 1.807) is 0 Å². The van der Waals surface area contributed by atoms with Crippen LogP contribution in [-0.4, -0.2) is 9.97 Å². The quantitative estimate of drug-likeness (QED) is 0.659. The lowest BCUT2D eigenvalue weighted by molar-refractivity contribution is 1.17. The Hall–Kier alpha value is -1.72. The Morgan fingerprint density at radius 3 is 2.24 bits per heavy atom. The maximum atomic E-state index is 6.02. The highest BCUT2D eigenvalue weighted by molar-refractivity contribution is 9.11. The molecule has 3 rings (SSSR count). The van der Waals surface area contributed by atoms with E-state index in [2.05, 4.69) is 41.8 Å². The second kappa shape index (κ2) is 5.95. The largest absolute Gasteiger partial charge is 0.383 e. The fourth-order valence-electron chi connectivity index (χ4n) is 2.01. The highest BCUT2D eigenvalue weighted by atomic mass is 79.9. The number of nitrogens with two attached hydrogens (primary N) is 1. The fourth-order valence-corrected chi connectivity index (χ4v) is 2.81. The Labute approximate surface area is 139 Å². The van der Waals surface area contributed by atoms with Gasteiger partial charge in [0.25, 0.3) is 0 Å². The van der Waals surface area contributed by atoms with Gasteiger partial charge in [0.05, 0.1) is 10.2 Å². The maximum absolute atomic E-state index is 6.02. The number of hydrogen-bond acceptors (Lipinski definition) is 3. The minimum absolute atomic E-state index is 0.429. The summed E-state index contributed by atoms with van der Waals surface area (Å²) in [6.07, 6.45) is 0. The van der Waals surface area contributed by atoms with E-state index in [0.29, 0.717) is 16.1 Å². The van der Waals surface area contributed by atoms with Crippen LogP contribution in [0.3, 0.4) is 0 Å². The highest BCUT2D eigenvalue weighted by Crippen LogP contribution is 2.32. The highest BCUT2D eigenvalue weighted by Gasteiger charge is 2.13. The lowest BCUT2D eigenvalue weighted by Gasteiger charge is -2.09. The summed E-state index contributed by atoms with van der Waals surface area (Å²) in [5.41, 5.74) is 8.73. The molecule has 3 aromatic rings. The summed E-state index contributed by atoms with van der Waals surface area (Å²) in [6, 6.07) is 17.7. The van der Waals surface area contributed by atoms with Crippen molar-refractivity contribution in [1.29, 1.82) is 0 Å². The third kappa shape index (κ3) is 2.99. The van der Waals surface area contributed by atoms with Gasteiger partial charge in [-0.25, -0.2) is 9.97 Å². The number of aromatic nitrogens is 2. The van der Waals surface area contributed by atoms with E-state index < -0.39 is 0 Å². The topological polar surface area (TPSA) is 51.8 Å². The van der Waals surface area contributed by atoms with Gasteiger partial charge in [-0.3, -0.25) is 0 Å². The number of halogens is 2. The number of rotatable bonds is 2. The van der Waals surface area contributed by atoms with Crippen LogP contribution in [0.15, 0.2) is 63.5 Å². The molecule has 1 aromatic heterocycles. The minimum atomic E-state index is 0.429. The van der Waals surface area contributed by atoms with Crippen LogP contribution in [0.1, 0.15) is 0 Å². The zero-order valence-corrected chi connectivity index (χ0v) is 14.1. The van der Waals surface area contributed by atoms with Gasteiger partial charge in [-0.1, -0.05) is 58.4 Å². The van der Waals surface area contributed by atoms with E-state index in [1.807, 2.05) is 54.6 Å². The summed E-state index contributed by atoms with van der Waals surface area (Å²) in [5.74, 6) is 1.04. The van der Waals surface area contributed by atoms with Crippen molar-refractivity contribution in [3.8, 4) is 22.6 Å². The first-order valence-corrected chi connectivity index (χ1v) is 7.88. The molecule has 0 spiro atoms. The molecule has 0 saturated carbocycles. The van der Waals surface area contributed by atoms with Crippen LogP contribution in [-0.2, 0) is 0 Å². The Morgan fingerprint density at radius 2 is 1.52 bits per heavy atom. The zero-order valence-electron chi connectivity index (χ0n) is 10.9. The summed E-state index contributed by atoms with van der Waals surface area (Å²) in [5, 5.41) is 0. The molecule has 1 heterocycles. The average molecular weight is 405 g/mol. The molecule has 0 unspecified atom stereocenters. The van der Waals surface area contributed by atoms with Gasteiger partial charge in [0.15, 0.2) is 5.82 Å². The van der Waals surface area contributed by atoms with E-state index in [9.17, 15) is 0 Å². The Bertz CT molecular complexity index is 789. The van der Waals surface area contributed by atoms with Gasteiger partial charge in [-0.05, 0) is 28.1 Å². The summed E-state index contributed by atoms with van der Waals surface area (Å²) in [7, 11) is 0. The predicted molar refractivity (Wildman–Crippen MR) is 92.7 cm³/mol. The SMILES string of the molecule is Nc1nc(-c2cccc(Br)c2)nc(-c2ccccc2)c1Br. The van der Waals surface area contributed by atoms with Crippen molar-refractivity contribution in [3.63, 3.8) is 0 Å². The van der Waals surface area contributed by atoms with Crippen molar-refractivity contribution in [2.75, 3.05) is 5.73 Å². The van der Waals surface area contributed by atoms with Crippen molar-refractivity contribution in [2.45, 2.75) is 0 Å². The Kier molecular flexibility index (Phi) is 4.03. The van der Waals surface area contributed by atoms with Crippen LogP contribution >= 0.6 is 31.9 Å². The van der Waals surface area contributed by atoms with Crippen LogP contribution in [0.5, 0.6) is 0 Å². The molecule has 0 aliphatic carbocycles. The van der Waals surface area contributed by atoms with Crippen molar-refractivity contribution in [1.82, 2.24) is 9.97 Å². The van der Waals surface area contributed by atoms with E-state index in [-0.39, 0.29) is 0 Å². The number of benzene rings is 2. The van der Waals surface area contributed by atoms with E-state index in [4.69, 9.17) is 5.73 Å². The van der Waals surface area contributed by atoms with Gasteiger partial charge >= 0.3 is 0 Å². The van der Waals surface area contributed by atoms with Crippen LogP contribution in [0.4, 0.5) is 5.82 Å². The number of nitrogens with zero attached hydrogens (tertiary/aromatic N) is 2. The molecule has 0 fully saturated rings. The molecule has 0 aliphatic rings. The smallest absolute Gasteiger partial charge is 0.162 e. The normalized spacial score (nSPS) is 10.6. The predicted octanol–water partition coefficient (Wildman–Crippen LogP) is 4.92. The van der Waals surface area contributed by atoms with Crippen LogP contribution in [0.25, 0.3) is 22.6 Å². The van der Waals surface area contributed by atoms with Crippen molar-refractivity contribution < 1.29 is 0 Å². The number of hydrogen-bond donors (Lipinski definition) is 1. The molecular formula is C16H11Br2N3. The average Bonchev–Trinajstić information content (AvgIpc) is 2.51. The van der Waals surface area contributed by atoms with Gasteiger partial charge in [0.2, 0.25) is 0 Å². The van der Waals surface area contributed by atoms with Gasteiger partial charge in [-0.2, -0.15) is 0 Å². The molecule has 0 saturated heterocycles. The third-order valence-electron chi connectivity index (χ3n) is 3.01. The molecule has 0 aliphatic heterocycles. The summed E-state index contributed by atoms with van der Waals surface area (Å²) < 4.78 is 1.69. The van der Waals surface area contributed by atoms with Crippen molar-refractivity contribution >= 4 is 37.7 Å². The molecular weight excluding hydrogens is 394 g/mol. The minimum Gasteiger partial charge on any atom is -0.383 e. The summed E-state index contributed by atoms with van der Waals surface area (Å²) in [4.78, 5) is 9.03. The van der Waals surface area contributed by atoms with Crippen molar-refractivity contribution in [3.05, 3.63) is 63.5 Å². The standard InChI is InChI=1S/C16H11Br2N3/c17-12-8-4-7-11(9-12)16-20-14(13(18)15(19)21-16)10-5-2-1-3-6-10/h1-9H,(H2,19,20,21). The molecule has 0 bridgehead atoms. The molecule has 21 heavy (non-hydrogen) atoms. The molecule has 0 amide bonds. The molecule has 2 N–H and O–H groups in total. The fraction of sp³-hybridized carbons (Fsp3) is 0.